The zero-order chi connectivity index (χ0) is 13.2. The Bertz CT molecular complexity index is 576. The molecule has 1 aliphatic rings. The SMILES string of the molecule is Cc1ccc(F)cc1-c1noc(C2CCNCC2)n1. The molecule has 0 atom stereocenters. The van der Waals surface area contributed by atoms with Crippen molar-refractivity contribution < 1.29 is 8.91 Å². The minimum absolute atomic E-state index is 0.284. The number of halogens is 1. The molecule has 3 rings (SSSR count). The third-order valence-corrected chi connectivity index (χ3v) is 3.57. The summed E-state index contributed by atoms with van der Waals surface area (Å²) < 4.78 is 18.6. The number of aromatic nitrogens is 2. The molecule has 0 unspecified atom stereocenters. The summed E-state index contributed by atoms with van der Waals surface area (Å²) in [6.07, 6.45) is 2.01. The van der Waals surface area contributed by atoms with Crippen molar-refractivity contribution in [3.63, 3.8) is 0 Å². The molecule has 1 aliphatic heterocycles. The molecule has 4 nitrogen and oxygen atoms in total. The highest BCUT2D eigenvalue weighted by Gasteiger charge is 2.22. The summed E-state index contributed by atoms with van der Waals surface area (Å²) >= 11 is 0. The van der Waals surface area contributed by atoms with Crippen LogP contribution in [0.3, 0.4) is 0 Å². The van der Waals surface area contributed by atoms with Gasteiger partial charge in [0.25, 0.3) is 0 Å². The number of benzene rings is 1. The van der Waals surface area contributed by atoms with E-state index in [1.165, 1.54) is 12.1 Å². The molecule has 0 amide bonds. The summed E-state index contributed by atoms with van der Waals surface area (Å²) in [6, 6.07) is 4.62. The molecular weight excluding hydrogens is 245 g/mol. The van der Waals surface area contributed by atoms with Crippen LogP contribution in [0.25, 0.3) is 11.4 Å². The summed E-state index contributed by atoms with van der Waals surface area (Å²) in [6.45, 7) is 3.86. The van der Waals surface area contributed by atoms with Crippen molar-refractivity contribution in [3.8, 4) is 11.4 Å². The molecule has 5 heteroatoms. The third kappa shape index (κ3) is 2.51. The highest BCUT2D eigenvalue weighted by Crippen LogP contribution is 2.27. The Morgan fingerprint density at radius 2 is 2.11 bits per heavy atom. The normalized spacial score (nSPS) is 16.7. The van der Waals surface area contributed by atoms with Gasteiger partial charge in [-0.05, 0) is 50.6 Å². The topological polar surface area (TPSA) is 51.0 Å². The Labute approximate surface area is 111 Å². The average molecular weight is 261 g/mol. The average Bonchev–Trinajstić information content (AvgIpc) is 2.92. The van der Waals surface area contributed by atoms with Crippen molar-refractivity contribution in [3.05, 3.63) is 35.5 Å². The maximum absolute atomic E-state index is 13.3. The van der Waals surface area contributed by atoms with Crippen LogP contribution in [-0.2, 0) is 0 Å². The van der Waals surface area contributed by atoms with Gasteiger partial charge >= 0.3 is 0 Å². The molecule has 2 heterocycles. The Morgan fingerprint density at radius 1 is 1.32 bits per heavy atom. The monoisotopic (exact) mass is 261 g/mol. The summed E-state index contributed by atoms with van der Waals surface area (Å²) in [5.74, 6) is 1.18. The van der Waals surface area contributed by atoms with Gasteiger partial charge in [-0.1, -0.05) is 11.2 Å². The van der Waals surface area contributed by atoms with Gasteiger partial charge in [-0.15, -0.1) is 0 Å². The molecule has 0 aliphatic carbocycles. The van der Waals surface area contributed by atoms with Crippen LogP contribution in [0.4, 0.5) is 4.39 Å². The fourth-order valence-corrected chi connectivity index (χ4v) is 2.41. The molecule has 1 aromatic carbocycles. The Balaban J connectivity index is 1.89. The number of nitrogens with one attached hydrogen (secondary N) is 1. The molecule has 1 N–H and O–H groups in total. The highest BCUT2D eigenvalue weighted by molar-refractivity contribution is 5.59. The predicted molar refractivity (Wildman–Crippen MR) is 69.3 cm³/mol. The van der Waals surface area contributed by atoms with E-state index in [0.717, 1.165) is 31.5 Å². The van der Waals surface area contributed by atoms with Crippen LogP contribution >= 0.6 is 0 Å². The molecular formula is C14H16FN3O. The molecule has 19 heavy (non-hydrogen) atoms. The first kappa shape index (κ1) is 12.3. The van der Waals surface area contributed by atoms with Crippen molar-refractivity contribution in [2.75, 3.05) is 13.1 Å². The lowest BCUT2D eigenvalue weighted by Crippen LogP contribution is -2.26. The number of rotatable bonds is 2. The number of hydrogen-bond donors (Lipinski definition) is 1. The van der Waals surface area contributed by atoms with Gasteiger partial charge in [-0.25, -0.2) is 4.39 Å². The summed E-state index contributed by atoms with van der Waals surface area (Å²) in [4.78, 5) is 4.43. The largest absolute Gasteiger partial charge is 0.339 e. The third-order valence-electron chi connectivity index (χ3n) is 3.57. The fourth-order valence-electron chi connectivity index (χ4n) is 2.41. The van der Waals surface area contributed by atoms with Gasteiger partial charge in [0.2, 0.25) is 11.7 Å². The van der Waals surface area contributed by atoms with Gasteiger partial charge in [-0.3, -0.25) is 0 Å². The summed E-state index contributed by atoms with van der Waals surface area (Å²) in [5, 5.41) is 7.29. The second-order valence-corrected chi connectivity index (χ2v) is 4.94. The van der Waals surface area contributed by atoms with E-state index in [2.05, 4.69) is 15.5 Å². The number of nitrogens with zero attached hydrogens (tertiary/aromatic N) is 2. The first-order chi connectivity index (χ1) is 9.24. The Kier molecular flexibility index (Phi) is 3.29. The van der Waals surface area contributed by atoms with Crippen molar-refractivity contribution >= 4 is 0 Å². The van der Waals surface area contributed by atoms with Crippen LogP contribution in [0, 0.1) is 12.7 Å². The van der Waals surface area contributed by atoms with Crippen LogP contribution in [0.5, 0.6) is 0 Å². The van der Waals surface area contributed by atoms with E-state index < -0.39 is 0 Å². The van der Waals surface area contributed by atoms with Gasteiger partial charge in [0, 0.05) is 11.5 Å². The van der Waals surface area contributed by atoms with Crippen LogP contribution in [0.1, 0.15) is 30.2 Å². The predicted octanol–water partition coefficient (Wildman–Crippen LogP) is 2.65. The smallest absolute Gasteiger partial charge is 0.230 e. The first-order valence-corrected chi connectivity index (χ1v) is 6.55. The number of piperidine rings is 1. The minimum atomic E-state index is -0.284. The summed E-state index contributed by atoms with van der Waals surface area (Å²) in [5.41, 5.74) is 1.64. The quantitative estimate of drug-likeness (QED) is 0.903. The number of aryl methyl sites for hydroxylation is 1. The van der Waals surface area contributed by atoms with Crippen molar-refractivity contribution in [1.29, 1.82) is 0 Å². The van der Waals surface area contributed by atoms with Crippen molar-refractivity contribution in [1.82, 2.24) is 15.5 Å². The van der Waals surface area contributed by atoms with Gasteiger partial charge in [-0.2, -0.15) is 4.98 Å². The van der Waals surface area contributed by atoms with E-state index in [1.807, 2.05) is 6.92 Å². The zero-order valence-corrected chi connectivity index (χ0v) is 10.8. The molecule has 100 valence electrons. The molecule has 0 spiro atoms. The van der Waals surface area contributed by atoms with E-state index in [0.29, 0.717) is 23.2 Å². The van der Waals surface area contributed by atoms with E-state index in [-0.39, 0.29) is 5.82 Å². The molecule has 1 fully saturated rings. The van der Waals surface area contributed by atoms with Crippen LogP contribution in [0.15, 0.2) is 22.7 Å². The lowest BCUT2D eigenvalue weighted by atomic mass is 9.98. The van der Waals surface area contributed by atoms with Gasteiger partial charge in [0.1, 0.15) is 5.82 Å². The minimum Gasteiger partial charge on any atom is -0.339 e. The molecule has 0 bridgehead atoms. The van der Waals surface area contributed by atoms with Crippen LogP contribution in [0.2, 0.25) is 0 Å². The standard InChI is InChI=1S/C14H16FN3O/c1-9-2-3-11(15)8-12(9)13-17-14(19-18-13)10-4-6-16-7-5-10/h2-3,8,10,16H,4-7H2,1H3. The van der Waals surface area contributed by atoms with E-state index >= 15 is 0 Å². The van der Waals surface area contributed by atoms with Crippen LogP contribution < -0.4 is 5.32 Å². The Morgan fingerprint density at radius 3 is 2.89 bits per heavy atom. The maximum Gasteiger partial charge on any atom is 0.230 e. The fraction of sp³-hybridized carbons (Fsp3) is 0.429. The van der Waals surface area contributed by atoms with Crippen molar-refractivity contribution in [2.45, 2.75) is 25.7 Å². The second-order valence-electron chi connectivity index (χ2n) is 4.94. The summed E-state index contributed by atoms with van der Waals surface area (Å²) in [7, 11) is 0. The highest BCUT2D eigenvalue weighted by atomic mass is 19.1. The van der Waals surface area contributed by atoms with Crippen LogP contribution in [-0.4, -0.2) is 23.2 Å². The lowest BCUT2D eigenvalue weighted by molar-refractivity contribution is 0.320. The molecule has 0 saturated carbocycles. The van der Waals surface area contributed by atoms with Gasteiger partial charge in [0.15, 0.2) is 0 Å². The zero-order valence-electron chi connectivity index (χ0n) is 10.8. The van der Waals surface area contributed by atoms with E-state index in [1.54, 1.807) is 6.07 Å². The molecule has 1 aromatic heterocycles. The Hall–Kier alpha value is -1.75. The first-order valence-electron chi connectivity index (χ1n) is 6.55. The molecule has 1 saturated heterocycles. The van der Waals surface area contributed by atoms with E-state index in [9.17, 15) is 4.39 Å². The van der Waals surface area contributed by atoms with Crippen molar-refractivity contribution in [2.24, 2.45) is 0 Å². The second kappa shape index (κ2) is 5.09. The van der Waals surface area contributed by atoms with E-state index in [4.69, 9.17) is 4.52 Å². The lowest BCUT2D eigenvalue weighted by Gasteiger charge is -2.18. The van der Waals surface area contributed by atoms with Gasteiger partial charge < -0.3 is 9.84 Å². The molecule has 2 aromatic rings. The molecule has 0 radical (unpaired) electrons. The number of hydrogen-bond acceptors (Lipinski definition) is 4. The maximum atomic E-state index is 13.3. The van der Waals surface area contributed by atoms with Gasteiger partial charge in [0.05, 0.1) is 0 Å².